The molecule has 0 spiro atoms. The number of carboxylic acid groups (broad SMARTS) is 1. The third-order valence-corrected chi connectivity index (χ3v) is 5.92. The Morgan fingerprint density at radius 2 is 1.73 bits per heavy atom. The minimum absolute atomic E-state index is 0.0170. The number of amides is 1. The van der Waals surface area contributed by atoms with Gasteiger partial charge in [0.15, 0.2) is 12.4 Å². The van der Waals surface area contributed by atoms with Gasteiger partial charge in [-0.1, -0.05) is 24.3 Å². The predicted molar refractivity (Wildman–Crippen MR) is 140 cm³/mol. The van der Waals surface area contributed by atoms with Crippen LogP contribution in [0, 0.1) is 5.41 Å². The van der Waals surface area contributed by atoms with Crippen molar-refractivity contribution in [3.63, 3.8) is 0 Å². The van der Waals surface area contributed by atoms with Crippen molar-refractivity contribution >= 4 is 28.6 Å². The second kappa shape index (κ2) is 12.8. The summed E-state index contributed by atoms with van der Waals surface area (Å²) in [5.41, 5.74) is 9.90. The summed E-state index contributed by atoms with van der Waals surface area (Å²) in [7, 11) is 3.60. The smallest absolute Gasteiger partial charge is 0.430 e. The standard InChI is InChI=1S/C26H27N5O2.C2HF3O2/c1-30-13-10-18(11-14-30)9-12-29-26(32)23-16-21-22(7-4-8-24(21)33-2)31(23)17-19-5-3-6-20(15-19)25(27)28;3-2(4,5)1(6)7/h3-8,10-11,13-16H,9,12,17H2,1-2H3,(H3-,27,28,29,32);(H,6,7). The van der Waals surface area contributed by atoms with Crippen LogP contribution in [-0.2, 0) is 24.8 Å². The first-order valence-corrected chi connectivity index (χ1v) is 12.0. The van der Waals surface area contributed by atoms with Crippen molar-refractivity contribution in [2.75, 3.05) is 13.7 Å². The molecule has 12 heteroatoms. The normalized spacial score (nSPS) is 10.9. The summed E-state index contributed by atoms with van der Waals surface area (Å²) in [6.45, 7) is 1.00. The maximum absolute atomic E-state index is 13.2. The molecule has 0 radical (unpaired) electrons. The molecule has 0 aliphatic heterocycles. The SMILES string of the molecule is COc1cccc2c1cc(C(=O)NCCc1cc[n+](C)cc1)n2Cc1cccc(C(=N)N)c1.O=C([O-])C(F)(F)F. The van der Waals surface area contributed by atoms with E-state index in [4.69, 9.17) is 25.8 Å². The van der Waals surface area contributed by atoms with Crippen LogP contribution in [0.25, 0.3) is 10.9 Å². The summed E-state index contributed by atoms with van der Waals surface area (Å²) < 4.78 is 41.0. The molecule has 0 aliphatic rings. The molecule has 2 heterocycles. The second-order valence-electron chi connectivity index (χ2n) is 8.79. The highest BCUT2D eigenvalue weighted by Gasteiger charge is 2.28. The van der Waals surface area contributed by atoms with E-state index < -0.39 is 12.1 Å². The molecular weight excluding hydrogens is 527 g/mol. The van der Waals surface area contributed by atoms with E-state index in [-0.39, 0.29) is 11.7 Å². The maximum Gasteiger partial charge on any atom is 0.430 e. The molecule has 4 aromatic rings. The molecule has 1 amide bonds. The molecule has 0 bridgehead atoms. The number of alkyl halides is 3. The summed E-state index contributed by atoms with van der Waals surface area (Å²) in [5, 5.41) is 20.4. The van der Waals surface area contributed by atoms with Crippen molar-refractivity contribution < 1.29 is 37.2 Å². The van der Waals surface area contributed by atoms with Crippen LogP contribution in [0.4, 0.5) is 13.2 Å². The summed E-state index contributed by atoms with van der Waals surface area (Å²) in [6, 6.07) is 19.3. The Kier molecular flexibility index (Phi) is 9.49. The number of nitrogens with zero attached hydrogens (tertiary/aromatic N) is 2. The fraction of sp³-hybridized carbons (Fsp3) is 0.214. The van der Waals surface area contributed by atoms with Gasteiger partial charge in [0.1, 0.15) is 30.3 Å². The average Bonchev–Trinajstić information content (AvgIpc) is 3.28. The quantitative estimate of drug-likeness (QED) is 0.174. The third-order valence-electron chi connectivity index (χ3n) is 5.92. The van der Waals surface area contributed by atoms with Crippen molar-refractivity contribution in [3.8, 4) is 5.75 Å². The van der Waals surface area contributed by atoms with Gasteiger partial charge in [0.2, 0.25) is 0 Å². The summed E-state index contributed by atoms with van der Waals surface area (Å²) in [4.78, 5) is 22.0. The number of hydrogen-bond acceptors (Lipinski definition) is 5. The number of pyridine rings is 1. The van der Waals surface area contributed by atoms with E-state index in [2.05, 4.69) is 17.4 Å². The van der Waals surface area contributed by atoms with E-state index in [1.54, 1.807) is 13.2 Å². The van der Waals surface area contributed by atoms with Crippen molar-refractivity contribution in [1.29, 1.82) is 5.41 Å². The number of aliphatic carboxylic acids is 1. The number of fused-ring (bicyclic) bond motifs is 1. The number of methoxy groups -OCH3 is 1. The number of ether oxygens (including phenoxy) is 1. The second-order valence-corrected chi connectivity index (χ2v) is 8.79. The lowest BCUT2D eigenvalue weighted by Crippen LogP contribution is -2.37. The van der Waals surface area contributed by atoms with Crippen molar-refractivity contribution in [3.05, 3.63) is 95.4 Å². The monoisotopic (exact) mass is 555 g/mol. The highest BCUT2D eigenvalue weighted by atomic mass is 19.4. The third kappa shape index (κ3) is 7.59. The molecule has 9 nitrogen and oxygen atoms in total. The number of carbonyl (C=O) groups excluding carboxylic acids is 2. The lowest BCUT2D eigenvalue weighted by Gasteiger charge is -2.12. The molecule has 0 saturated heterocycles. The number of carbonyl (C=O) groups is 2. The number of amidine groups is 1. The zero-order valence-corrected chi connectivity index (χ0v) is 21.8. The highest BCUT2D eigenvalue weighted by molar-refractivity contribution is 6.00. The van der Waals surface area contributed by atoms with Crippen LogP contribution in [0.5, 0.6) is 5.75 Å². The molecule has 2 aromatic carbocycles. The summed E-state index contributed by atoms with van der Waals surface area (Å²) in [5.74, 6) is -2.41. The van der Waals surface area contributed by atoms with Gasteiger partial charge in [0, 0.05) is 36.2 Å². The van der Waals surface area contributed by atoms with Crippen LogP contribution < -0.4 is 25.5 Å². The van der Waals surface area contributed by atoms with E-state index in [9.17, 15) is 18.0 Å². The van der Waals surface area contributed by atoms with Crippen LogP contribution in [0.2, 0.25) is 0 Å². The number of hydrogen-bond donors (Lipinski definition) is 3. The number of nitrogens with two attached hydrogens (primary N) is 1. The molecule has 210 valence electrons. The van der Waals surface area contributed by atoms with Gasteiger partial charge in [-0.3, -0.25) is 10.2 Å². The van der Waals surface area contributed by atoms with Crippen LogP contribution in [0.3, 0.4) is 0 Å². The minimum atomic E-state index is -5.19. The molecule has 0 fully saturated rings. The Hall–Kier alpha value is -4.87. The van der Waals surface area contributed by atoms with Gasteiger partial charge in [-0.25, -0.2) is 4.57 Å². The lowest BCUT2D eigenvalue weighted by molar-refractivity contribution is -0.671. The number of aryl methyl sites for hydroxylation is 1. The number of halogens is 3. The largest absolute Gasteiger partial charge is 0.542 e. The van der Waals surface area contributed by atoms with Gasteiger partial charge in [-0.15, -0.1) is 0 Å². The number of nitrogen functional groups attached to an aromatic ring is 1. The van der Waals surface area contributed by atoms with Crippen molar-refractivity contribution in [1.82, 2.24) is 9.88 Å². The van der Waals surface area contributed by atoms with E-state index in [1.165, 1.54) is 0 Å². The number of carboxylic acids is 1. The first-order chi connectivity index (χ1) is 18.9. The van der Waals surface area contributed by atoms with E-state index in [0.29, 0.717) is 24.3 Å². The summed E-state index contributed by atoms with van der Waals surface area (Å²) in [6.07, 6.45) is -0.455. The topological polar surface area (TPSA) is 137 Å². The first kappa shape index (κ1) is 29.7. The molecule has 4 rings (SSSR count). The Bertz CT molecular complexity index is 1510. The Morgan fingerprint density at radius 3 is 2.33 bits per heavy atom. The Balaban J connectivity index is 0.000000559. The zero-order valence-electron chi connectivity index (χ0n) is 21.8. The van der Waals surface area contributed by atoms with Gasteiger partial charge in [-0.2, -0.15) is 13.2 Å². The van der Waals surface area contributed by atoms with Gasteiger partial charge in [-0.05, 0) is 41.8 Å². The van der Waals surface area contributed by atoms with Gasteiger partial charge in [0.25, 0.3) is 5.91 Å². The fourth-order valence-electron chi connectivity index (χ4n) is 3.92. The molecule has 0 atom stereocenters. The number of nitrogens with one attached hydrogen (secondary N) is 2. The molecule has 40 heavy (non-hydrogen) atoms. The first-order valence-electron chi connectivity index (χ1n) is 12.0. The van der Waals surface area contributed by atoms with Gasteiger partial charge >= 0.3 is 6.18 Å². The molecular formula is C28H28F3N5O4. The van der Waals surface area contributed by atoms with Crippen LogP contribution in [-0.4, -0.2) is 42.1 Å². The van der Waals surface area contributed by atoms with Crippen LogP contribution in [0.1, 0.15) is 27.2 Å². The highest BCUT2D eigenvalue weighted by Crippen LogP contribution is 2.29. The molecule has 0 aliphatic carbocycles. The molecule has 2 aromatic heterocycles. The Labute approximate surface area is 228 Å². The van der Waals surface area contributed by atoms with Gasteiger partial charge < -0.3 is 30.3 Å². The lowest BCUT2D eigenvalue weighted by atomic mass is 10.1. The maximum atomic E-state index is 13.2. The summed E-state index contributed by atoms with van der Waals surface area (Å²) >= 11 is 0. The number of benzene rings is 2. The van der Waals surface area contributed by atoms with E-state index in [1.807, 2.05) is 71.0 Å². The number of aromatic nitrogens is 2. The van der Waals surface area contributed by atoms with E-state index >= 15 is 0 Å². The van der Waals surface area contributed by atoms with Crippen molar-refractivity contribution in [2.24, 2.45) is 12.8 Å². The minimum Gasteiger partial charge on any atom is -0.542 e. The molecule has 0 saturated carbocycles. The molecule has 4 N–H and O–H groups in total. The predicted octanol–water partition coefficient (Wildman–Crippen LogP) is 2.08. The zero-order chi connectivity index (χ0) is 29.4. The fourth-order valence-corrected chi connectivity index (χ4v) is 3.92. The van der Waals surface area contributed by atoms with Crippen LogP contribution >= 0.6 is 0 Å². The van der Waals surface area contributed by atoms with Gasteiger partial charge in [0.05, 0.1) is 12.6 Å². The number of rotatable bonds is 8. The van der Waals surface area contributed by atoms with Crippen LogP contribution in [0.15, 0.2) is 73.1 Å². The average molecular weight is 556 g/mol. The van der Waals surface area contributed by atoms with E-state index in [0.717, 1.165) is 34.2 Å². The van der Waals surface area contributed by atoms with Crippen molar-refractivity contribution in [2.45, 2.75) is 19.1 Å². The molecule has 0 unspecified atom stereocenters. The Morgan fingerprint density at radius 1 is 1.07 bits per heavy atom.